The maximum atomic E-state index is 12.3. The van der Waals surface area contributed by atoms with Gasteiger partial charge in [0.15, 0.2) is 0 Å². The van der Waals surface area contributed by atoms with E-state index in [0.717, 1.165) is 19.5 Å². The van der Waals surface area contributed by atoms with E-state index in [4.69, 9.17) is 4.74 Å². The Morgan fingerprint density at radius 3 is 2.60 bits per heavy atom. The Labute approximate surface area is 122 Å². The van der Waals surface area contributed by atoms with E-state index in [2.05, 4.69) is 6.92 Å². The monoisotopic (exact) mass is 284 g/mol. The largest absolute Gasteiger partial charge is 0.465 e. The quantitative estimate of drug-likeness (QED) is 0.694. The van der Waals surface area contributed by atoms with Gasteiger partial charge in [0.05, 0.1) is 19.7 Å². The molecular weight excluding hydrogens is 256 g/mol. The number of esters is 1. The molecule has 116 valence electrons. The van der Waals surface area contributed by atoms with Crippen molar-refractivity contribution in [2.75, 3.05) is 32.8 Å². The van der Waals surface area contributed by atoms with E-state index < -0.39 is 0 Å². The highest BCUT2D eigenvalue weighted by Crippen LogP contribution is 2.16. The van der Waals surface area contributed by atoms with Gasteiger partial charge in [0.2, 0.25) is 5.91 Å². The standard InChI is InChI=1S/C15H28N2O3/c1-5-20-15(19)11-17(12(2)3)10-14(18)16-8-6-7-13(4)9-16/h12-13H,5-11H2,1-4H3/t13-/m0/s1. The molecule has 5 nitrogen and oxygen atoms in total. The first-order valence-corrected chi connectivity index (χ1v) is 7.61. The van der Waals surface area contributed by atoms with Gasteiger partial charge in [0.1, 0.15) is 0 Å². The summed E-state index contributed by atoms with van der Waals surface area (Å²) < 4.78 is 4.96. The van der Waals surface area contributed by atoms with Crippen LogP contribution in [0.15, 0.2) is 0 Å². The molecule has 0 aromatic carbocycles. The van der Waals surface area contributed by atoms with Crippen LogP contribution < -0.4 is 0 Å². The molecule has 0 bridgehead atoms. The number of ether oxygens (including phenoxy) is 1. The Kier molecular flexibility index (Phi) is 6.99. The second kappa shape index (κ2) is 8.25. The predicted octanol–water partition coefficient (Wildman–Crippen LogP) is 1.52. The van der Waals surface area contributed by atoms with Crippen LogP contribution in [0, 0.1) is 5.92 Å². The number of hydrogen-bond acceptors (Lipinski definition) is 4. The third-order valence-corrected chi connectivity index (χ3v) is 3.72. The lowest BCUT2D eigenvalue weighted by Crippen LogP contribution is -2.47. The van der Waals surface area contributed by atoms with Crippen LogP contribution in [0.2, 0.25) is 0 Å². The highest BCUT2D eigenvalue weighted by Gasteiger charge is 2.24. The normalized spacial score (nSPS) is 19.5. The molecule has 0 spiro atoms. The van der Waals surface area contributed by atoms with Crippen molar-refractivity contribution in [3.8, 4) is 0 Å². The highest BCUT2D eigenvalue weighted by molar-refractivity contribution is 5.79. The Bertz CT molecular complexity index is 331. The summed E-state index contributed by atoms with van der Waals surface area (Å²) in [4.78, 5) is 27.7. The summed E-state index contributed by atoms with van der Waals surface area (Å²) in [5, 5.41) is 0. The van der Waals surface area contributed by atoms with Gasteiger partial charge < -0.3 is 9.64 Å². The number of amides is 1. The first-order chi connectivity index (χ1) is 9.43. The molecule has 1 atom stereocenters. The number of likely N-dealkylation sites (tertiary alicyclic amines) is 1. The summed E-state index contributed by atoms with van der Waals surface area (Å²) in [5.41, 5.74) is 0. The fraction of sp³-hybridized carbons (Fsp3) is 0.867. The molecule has 0 unspecified atom stereocenters. The van der Waals surface area contributed by atoms with E-state index in [0.29, 0.717) is 19.1 Å². The second-order valence-corrected chi connectivity index (χ2v) is 5.89. The second-order valence-electron chi connectivity index (χ2n) is 5.89. The molecule has 1 fully saturated rings. The van der Waals surface area contributed by atoms with Crippen LogP contribution >= 0.6 is 0 Å². The van der Waals surface area contributed by atoms with Crippen molar-refractivity contribution in [2.24, 2.45) is 5.92 Å². The maximum absolute atomic E-state index is 12.3. The predicted molar refractivity (Wildman–Crippen MR) is 78.3 cm³/mol. The van der Waals surface area contributed by atoms with Crippen molar-refractivity contribution < 1.29 is 14.3 Å². The van der Waals surface area contributed by atoms with Gasteiger partial charge >= 0.3 is 5.97 Å². The van der Waals surface area contributed by atoms with Gasteiger partial charge in [-0.2, -0.15) is 0 Å². The average Bonchev–Trinajstić information content (AvgIpc) is 2.38. The van der Waals surface area contributed by atoms with E-state index in [1.807, 2.05) is 23.6 Å². The van der Waals surface area contributed by atoms with Gasteiger partial charge in [-0.1, -0.05) is 6.92 Å². The minimum absolute atomic E-state index is 0.120. The zero-order chi connectivity index (χ0) is 15.1. The van der Waals surface area contributed by atoms with Gasteiger partial charge in [-0.25, -0.2) is 0 Å². The molecule has 0 aromatic rings. The molecule has 0 N–H and O–H groups in total. The molecule has 5 heteroatoms. The Morgan fingerprint density at radius 2 is 2.05 bits per heavy atom. The molecule has 20 heavy (non-hydrogen) atoms. The highest BCUT2D eigenvalue weighted by atomic mass is 16.5. The molecule has 0 aromatic heterocycles. The Balaban J connectivity index is 2.51. The summed E-state index contributed by atoms with van der Waals surface area (Å²) >= 11 is 0. The number of carbonyl (C=O) groups is 2. The van der Waals surface area contributed by atoms with Crippen LogP contribution in [0.5, 0.6) is 0 Å². The zero-order valence-electron chi connectivity index (χ0n) is 13.2. The molecule has 1 aliphatic rings. The molecule has 0 saturated carbocycles. The molecule has 1 saturated heterocycles. The molecular formula is C15H28N2O3. The Hall–Kier alpha value is -1.10. The third kappa shape index (κ3) is 5.49. The lowest BCUT2D eigenvalue weighted by atomic mass is 10.0. The summed E-state index contributed by atoms with van der Waals surface area (Å²) in [6.45, 7) is 10.5. The van der Waals surface area contributed by atoms with E-state index in [9.17, 15) is 9.59 Å². The lowest BCUT2D eigenvalue weighted by Gasteiger charge is -2.33. The van der Waals surface area contributed by atoms with Gasteiger partial charge in [-0.3, -0.25) is 14.5 Å². The van der Waals surface area contributed by atoms with Gasteiger partial charge in [-0.05, 0) is 39.5 Å². The fourth-order valence-corrected chi connectivity index (χ4v) is 2.48. The zero-order valence-corrected chi connectivity index (χ0v) is 13.2. The Morgan fingerprint density at radius 1 is 1.35 bits per heavy atom. The maximum Gasteiger partial charge on any atom is 0.320 e. The number of nitrogens with zero attached hydrogens (tertiary/aromatic N) is 2. The minimum atomic E-state index is -0.263. The van der Waals surface area contributed by atoms with Crippen LogP contribution in [0.3, 0.4) is 0 Å². The van der Waals surface area contributed by atoms with Gasteiger partial charge in [0.25, 0.3) is 0 Å². The molecule has 1 heterocycles. The van der Waals surface area contributed by atoms with Crippen LogP contribution in [-0.4, -0.2) is 60.5 Å². The van der Waals surface area contributed by atoms with Crippen molar-refractivity contribution in [1.29, 1.82) is 0 Å². The number of hydrogen-bond donors (Lipinski definition) is 0. The number of rotatable bonds is 6. The van der Waals surface area contributed by atoms with Gasteiger partial charge in [0, 0.05) is 19.1 Å². The first kappa shape index (κ1) is 17.0. The smallest absolute Gasteiger partial charge is 0.320 e. The van der Waals surface area contributed by atoms with Crippen LogP contribution in [-0.2, 0) is 14.3 Å². The minimum Gasteiger partial charge on any atom is -0.465 e. The van der Waals surface area contributed by atoms with Crippen LogP contribution in [0.4, 0.5) is 0 Å². The topological polar surface area (TPSA) is 49.9 Å². The molecule has 0 aliphatic carbocycles. The van der Waals surface area contributed by atoms with Crippen molar-refractivity contribution in [1.82, 2.24) is 9.80 Å². The summed E-state index contributed by atoms with van der Waals surface area (Å²) in [6.07, 6.45) is 2.27. The lowest BCUT2D eigenvalue weighted by molar-refractivity contribution is -0.146. The van der Waals surface area contributed by atoms with Crippen molar-refractivity contribution in [3.63, 3.8) is 0 Å². The average molecular weight is 284 g/mol. The van der Waals surface area contributed by atoms with E-state index in [1.165, 1.54) is 6.42 Å². The van der Waals surface area contributed by atoms with Crippen molar-refractivity contribution in [2.45, 2.75) is 46.6 Å². The summed E-state index contributed by atoms with van der Waals surface area (Å²) in [6, 6.07) is 0.144. The van der Waals surface area contributed by atoms with Crippen molar-refractivity contribution in [3.05, 3.63) is 0 Å². The summed E-state index contributed by atoms with van der Waals surface area (Å²) in [5.74, 6) is 0.431. The van der Waals surface area contributed by atoms with E-state index in [-0.39, 0.29) is 24.5 Å². The van der Waals surface area contributed by atoms with E-state index >= 15 is 0 Å². The first-order valence-electron chi connectivity index (χ1n) is 7.61. The van der Waals surface area contributed by atoms with E-state index in [1.54, 1.807) is 6.92 Å². The van der Waals surface area contributed by atoms with Gasteiger partial charge in [-0.15, -0.1) is 0 Å². The molecule has 1 aliphatic heterocycles. The molecule has 1 amide bonds. The molecule has 0 radical (unpaired) electrons. The van der Waals surface area contributed by atoms with Crippen LogP contribution in [0.25, 0.3) is 0 Å². The number of carbonyl (C=O) groups excluding carboxylic acids is 2. The third-order valence-electron chi connectivity index (χ3n) is 3.72. The number of piperidine rings is 1. The summed E-state index contributed by atoms with van der Waals surface area (Å²) in [7, 11) is 0. The van der Waals surface area contributed by atoms with Crippen LogP contribution in [0.1, 0.15) is 40.5 Å². The SMILES string of the molecule is CCOC(=O)CN(CC(=O)N1CCC[C@H](C)C1)C(C)C. The fourth-order valence-electron chi connectivity index (χ4n) is 2.48. The van der Waals surface area contributed by atoms with Crippen molar-refractivity contribution >= 4 is 11.9 Å². The molecule has 1 rings (SSSR count).